The second-order valence-electron chi connectivity index (χ2n) is 5.75. The number of morpholine rings is 1. The highest BCUT2D eigenvalue weighted by atomic mass is 16.5. The maximum absolute atomic E-state index is 12.1. The molecular weight excluding hydrogens is 304 g/mol. The van der Waals surface area contributed by atoms with Crippen molar-refractivity contribution in [3.8, 4) is 5.75 Å². The summed E-state index contributed by atoms with van der Waals surface area (Å²) in [4.78, 5) is 14.4. The van der Waals surface area contributed by atoms with Gasteiger partial charge in [0.2, 0.25) is 0 Å². The van der Waals surface area contributed by atoms with Crippen LogP contribution >= 0.6 is 0 Å². The van der Waals surface area contributed by atoms with Crippen LogP contribution in [0.3, 0.4) is 0 Å². The summed E-state index contributed by atoms with van der Waals surface area (Å²) >= 11 is 0. The first-order chi connectivity index (χ1) is 11.7. The summed E-state index contributed by atoms with van der Waals surface area (Å²) < 4.78 is 11.0. The summed E-state index contributed by atoms with van der Waals surface area (Å²) in [7, 11) is 0. The van der Waals surface area contributed by atoms with Crippen LogP contribution in [-0.2, 0) is 9.53 Å². The fourth-order valence-corrected chi connectivity index (χ4v) is 2.66. The standard InChI is InChI=1S/C19H22N2O3/c1-15-5-2-3-8-18(15)24-14-19(22)20-16-6-4-7-17(13-16)21-9-11-23-12-10-21/h2-8,13H,9-12,14H2,1H3,(H,20,22). The van der Waals surface area contributed by atoms with Gasteiger partial charge in [-0.25, -0.2) is 0 Å². The zero-order valence-corrected chi connectivity index (χ0v) is 13.8. The fraction of sp³-hybridized carbons (Fsp3) is 0.316. The van der Waals surface area contributed by atoms with E-state index >= 15 is 0 Å². The van der Waals surface area contributed by atoms with Gasteiger partial charge >= 0.3 is 0 Å². The van der Waals surface area contributed by atoms with Crippen molar-refractivity contribution in [3.05, 3.63) is 54.1 Å². The number of amides is 1. The minimum Gasteiger partial charge on any atom is -0.483 e. The van der Waals surface area contributed by atoms with Crippen LogP contribution < -0.4 is 15.0 Å². The monoisotopic (exact) mass is 326 g/mol. The molecule has 1 aliphatic heterocycles. The lowest BCUT2D eigenvalue weighted by atomic mass is 10.2. The molecule has 0 aliphatic carbocycles. The van der Waals surface area contributed by atoms with Crippen LogP contribution in [-0.4, -0.2) is 38.8 Å². The third-order valence-electron chi connectivity index (χ3n) is 3.96. The molecular formula is C19H22N2O3. The van der Waals surface area contributed by atoms with E-state index in [-0.39, 0.29) is 12.5 Å². The second kappa shape index (κ2) is 7.84. The van der Waals surface area contributed by atoms with Gasteiger partial charge in [0.05, 0.1) is 13.2 Å². The molecule has 1 saturated heterocycles. The largest absolute Gasteiger partial charge is 0.483 e. The van der Waals surface area contributed by atoms with E-state index in [1.54, 1.807) is 0 Å². The minimum atomic E-state index is -0.169. The maximum atomic E-state index is 12.1. The predicted molar refractivity (Wildman–Crippen MR) is 94.8 cm³/mol. The first kappa shape index (κ1) is 16.3. The maximum Gasteiger partial charge on any atom is 0.262 e. The highest BCUT2D eigenvalue weighted by molar-refractivity contribution is 5.92. The van der Waals surface area contributed by atoms with E-state index in [1.165, 1.54) is 0 Å². The number of nitrogens with one attached hydrogen (secondary N) is 1. The van der Waals surface area contributed by atoms with E-state index in [9.17, 15) is 4.79 Å². The third kappa shape index (κ3) is 4.26. The van der Waals surface area contributed by atoms with E-state index in [0.29, 0.717) is 0 Å². The number of carbonyl (C=O) groups is 1. The Bertz CT molecular complexity index is 697. The molecule has 1 heterocycles. The van der Waals surface area contributed by atoms with Gasteiger partial charge in [-0.2, -0.15) is 0 Å². The van der Waals surface area contributed by atoms with Gasteiger partial charge in [0, 0.05) is 24.5 Å². The molecule has 1 aliphatic rings. The average Bonchev–Trinajstić information content (AvgIpc) is 2.62. The van der Waals surface area contributed by atoms with Crippen LogP contribution in [0, 0.1) is 6.92 Å². The van der Waals surface area contributed by atoms with Gasteiger partial charge in [0.15, 0.2) is 6.61 Å². The highest BCUT2D eigenvalue weighted by Crippen LogP contribution is 2.21. The molecule has 0 aromatic heterocycles. The summed E-state index contributed by atoms with van der Waals surface area (Å²) in [5, 5.41) is 2.89. The smallest absolute Gasteiger partial charge is 0.262 e. The number of rotatable bonds is 5. The lowest BCUT2D eigenvalue weighted by Gasteiger charge is -2.29. The first-order valence-corrected chi connectivity index (χ1v) is 8.13. The Kier molecular flexibility index (Phi) is 5.33. The molecule has 5 nitrogen and oxygen atoms in total. The quantitative estimate of drug-likeness (QED) is 0.918. The van der Waals surface area contributed by atoms with Gasteiger partial charge in [-0.15, -0.1) is 0 Å². The van der Waals surface area contributed by atoms with Crippen molar-refractivity contribution in [2.45, 2.75) is 6.92 Å². The van der Waals surface area contributed by atoms with E-state index in [1.807, 2.05) is 55.5 Å². The number of hydrogen-bond donors (Lipinski definition) is 1. The lowest BCUT2D eigenvalue weighted by molar-refractivity contribution is -0.118. The fourth-order valence-electron chi connectivity index (χ4n) is 2.66. The van der Waals surface area contributed by atoms with E-state index in [4.69, 9.17) is 9.47 Å². The zero-order valence-electron chi connectivity index (χ0n) is 13.8. The number of para-hydroxylation sites is 1. The van der Waals surface area contributed by atoms with Crippen molar-refractivity contribution in [2.75, 3.05) is 43.1 Å². The molecule has 0 radical (unpaired) electrons. The number of ether oxygens (including phenoxy) is 2. The number of carbonyl (C=O) groups excluding carboxylic acids is 1. The number of benzene rings is 2. The number of hydrogen-bond acceptors (Lipinski definition) is 4. The van der Waals surface area contributed by atoms with Gasteiger partial charge in [0.25, 0.3) is 5.91 Å². The van der Waals surface area contributed by atoms with Gasteiger partial charge in [-0.05, 0) is 36.8 Å². The van der Waals surface area contributed by atoms with Crippen LogP contribution in [0.15, 0.2) is 48.5 Å². The average molecular weight is 326 g/mol. The van der Waals surface area contributed by atoms with Gasteiger partial charge < -0.3 is 19.7 Å². The van der Waals surface area contributed by atoms with Crippen LogP contribution in [0.1, 0.15) is 5.56 Å². The van der Waals surface area contributed by atoms with Crippen molar-refractivity contribution in [2.24, 2.45) is 0 Å². The normalized spacial score (nSPS) is 14.3. The molecule has 0 unspecified atom stereocenters. The van der Waals surface area contributed by atoms with Gasteiger partial charge in [-0.3, -0.25) is 4.79 Å². The van der Waals surface area contributed by atoms with Gasteiger partial charge in [0.1, 0.15) is 5.75 Å². The Morgan fingerprint density at radius 1 is 1.17 bits per heavy atom. The Labute approximate surface area is 142 Å². The molecule has 0 atom stereocenters. The molecule has 1 amide bonds. The Morgan fingerprint density at radius 3 is 2.75 bits per heavy atom. The number of nitrogens with zero attached hydrogens (tertiary/aromatic N) is 1. The number of anilines is 2. The molecule has 0 bridgehead atoms. The molecule has 1 fully saturated rings. The molecule has 2 aromatic carbocycles. The molecule has 24 heavy (non-hydrogen) atoms. The van der Waals surface area contributed by atoms with Crippen molar-refractivity contribution >= 4 is 17.3 Å². The SMILES string of the molecule is Cc1ccccc1OCC(=O)Nc1cccc(N2CCOCC2)c1. The van der Waals surface area contributed by atoms with Crippen molar-refractivity contribution in [3.63, 3.8) is 0 Å². The molecule has 0 saturated carbocycles. The molecule has 0 spiro atoms. The first-order valence-electron chi connectivity index (χ1n) is 8.13. The van der Waals surface area contributed by atoms with E-state index < -0.39 is 0 Å². The Hall–Kier alpha value is -2.53. The summed E-state index contributed by atoms with van der Waals surface area (Å²) in [6.07, 6.45) is 0. The van der Waals surface area contributed by atoms with Crippen molar-refractivity contribution in [1.29, 1.82) is 0 Å². The highest BCUT2D eigenvalue weighted by Gasteiger charge is 2.12. The third-order valence-corrected chi connectivity index (χ3v) is 3.96. The number of aryl methyl sites for hydroxylation is 1. The molecule has 2 aromatic rings. The van der Waals surface area contributed by atoms with Crippen LogP contribution in [0.4, 0.5) is 11.4 Å². The predicted octanol–water partition coefficient (Wildman–Crippen LogP) is 2.85. The van der Waals surface area contributed by atoms with Crippen LogP contribution in [0.25, 0.3) is 0 Å². The molecule has 3 rings (SSSR count). The Morgan fingerprint density at radius 2 is 1.96 bits per heavy atom. The van der Waals surface area contributed by atoms with Crippen LogP contribution in [0.5, 0.6) is 5.75 Å². The molecule has 126 valence electrons. The van der Waals surface area contributed by atoms with Crippen molar-refractivity contribution in [1.82, 2.24) is 0 Å². The van der Waals surface area contributed by atoms with Crippen molar-refractivity contribution < 1.29 is 14.3 Å². The lowest BCUT2D eigenvalue weighted by Crippen LogP contribution is -2.36. The summed E-state index contributed by atoms with van der Waals surface area (Å²) in [5.41, 5.74) is 2.88. The summed E-state index contributed by atoms with van der Waals surface area (Å²) in [6, 6.07) is 15.5. The Balaban J connectivity index is 1.57. The van der Waals surface area contributed by atoms with E-state index in [0.717, 1.165) is 49.0 Å². The molecule has 5 heteroatoms. The molecule has 1 N–H and O–H groups in total. The van der Waals surface area contributed by atoms with Gasteiger partial charge in [-0.1, -0.05) is 24.3 Å². The van der Waals surface area contributed by atoms with E-state index in [2.05, 4.69) is 10.2 Å². The topological polar surface area (TPSA) is 50.8 Å². The second-order valence-corrected chi connectivity index (χ2v) is 5.75. The minimum absolute atomic E-state index is 0.00731. The summed E-state index contributed by atoms with van der Waals surface area (Å²) in [5.74, 6) is 0.562. The summed E-state index contributed by atoms with van der Waals surface area (Å²) in [6.45, 7) is 5.16. The zero-order chi connectivity index (χ0) is 16.8. The van der Waals surface area contributed by atoms with Crippen LogP contribution in [0.2, 0.25) is 0 Å².